The number of nitrogens with zero attached hydrogens (tertiary/aromatic N) is 4. The summed E-state index contributed by atoms with van der Waals surface area (Å²) in [5, 5.41) is 15.6. The average molecular weight is 409 g/mol. The van der Waals surface area contributed by atoms with Crippen molar-refractivity contribution in [3.63, 3.8) is 0 Å². The molecule has 0 unspecified atom stereocenters. The molecule has 2 aliphatic rings. The summed E-state index contributed by atoms with van der Waals surface area (Å²) in [6.07, 6.45) is 1.64. The van der Waals surface area contributed by atoms with Crippen LogP contribution in [-0.2, 0) is 4.79 Å². The summed E-state index contributed by atoms with van der Waals surface area (Å²) >= 11 is 1.32. The first-order valence-electron chi connectivity index (χ1n) is 9.22. The Bertz CT molecular complexity index is 1140. The highest BCUT2D eigenvalue weighted by atomic mass is 32.2. The zero-order chi connectivity index (χ0) is 20.9. The second kappa shape index (κ2) is 7.11. The summed E-state index contributed by atoms with van der Waals surface area (Å²) < 4.78 is 16.1. The number of hydrogen-bond donors (Lipinski definition) is 1. The highest BCUT2D eigenvalue weighted by Crippen LogP contribution is 2.31. The van der Waals surface area contributed by atoms with E-state index < -0.39 is 5.91 Å². The van der Waals surface area contributed by atoms with Crippen LogP contribution in [0.5, 0.6) is 0 Å². The van der Waals surface area contributed by atoms with Gasteiger partial charge in [0.15, 0.2) is 5.84 Å². The number of aromatic nitrogens is 1. The summed E-state index contributed by atoms with van der Waals surface area (Å²) in [4.78, 5) is 16.7. The summed E-state index contributed by atoms with van der Waals surface area (Å²) in [6.45, 7) is 7.75. The molecule has 6 nitrogen and oxygen atoms in total. The van der Waals surface area contributed by atoms with Crippen LogP contribution >= 0.6 is 11.8 Å². The number of rotatable bonds is 3. The molecule has 2 aliphatic heterocycles. The number of carbonyl (C=O) groups is 1. The van der Waals surface area contributed by atoms with Gasteiger partial charge >= 0.3 is 0 Å². The summed E-state index contributed by atoms with van der Waals surface area (Å²) in [5.41, 5.74) is 2.95. The lowest BCUT2D eigenvalue weighted by molar-refractivity contribution is -0.114. The molecule has 0 saturated heterocycles. The van der Waals surface area contributed by atoms with Crippen LogP contribution in [0, 0.1) is 31.0 Å². The average Bonchev–Trinajstić information content (AvgIpc) is 3.21. The predicted molar refractivity (Wildman–Crippen MR) is 115 cm³/mol. The Labute approximate surface area is 172 Å². The van der Waals surface area contributed by atoms with Crippen LogP contribution in [0.2, 0.25) is 0 Å². The largest absolute Gasteiger partial charge is 0.315 e. The number of carbonyl (C=O) groups excluding carboxylic acids is 1. The number of hydrogen-bond acceptors (Lipinski definition) is 4. The van der Waals surface area contributed by atoms with Gasteiger partial charge in [0.05, 0.1) is 11.3 Å². The van der Waals surface area contributed by atoms with Crippen molar-refractivity contribution in [2.75, 3.05) is 0 Å². The lowest BCUT2D eigenvalue weighted by atomic mass is 10.1. The Kier molecular flexibility index (Phi) is 4.74. The second-order valence-corrected chi connectivity index (χ2v) is 8.21. The van der Waals surface area contributed by atoms with Crippen molar-refractivity contribution in [3.8, 4) is 5.69 Å². The normalized spacial score (nSPS) is 17.9. The van der Waals surface area contributed by atoms with Crippen LogP contribution in [0.3, 0.4) is 0 Å². The van der Waals surface area contributed by atoms with Crippen molar-refractivity contribution < 1.29 is 9.18 Å². The van der Waals surface area contributed by atoms with Crippen molar-refractivity contribution in [2.45, 2.75) is 27.7 Å². The van der Waals surface area contributed by atoms with Gasteiger partial charge in [-0.05, 0) is 55.4 Å². The third-order valence-corrected chi connectivity index (χ3v) is 6.04. The van der Waals surface area contributed by atoms with Crippen LogP contribution in [0.25, 0.3) is 11.8 Å². The molecule has 1 N–H and O–H groups in total. The Morgan fingerprint density at radius 2 is 1.97 bits per heavy atom. The molecule has 3 heterocycles. The maximum atomic E-state index is 14.3. The monoisotopic (exact) mass is 409 g/mol. The minimum absolute atomic E-state index is 0.00107. The molecule has 148 valence electrons. The first-order chi connectivity index (χ1) is 13.8. The molecule has 1 aromatic heterocycles. The van der Waals surface area contributed by atoms with Gasteiger partial charge < -0.3 is 4.57 Å². The molecule has 4 rings (SSSR count). The fourth-order valence-corrected chi connectivity index (χ4v) is 4.23. The number of para-hydroxylation sites is 1. The van der Waals surface area contributed by atoms with E-state index in [-0.39, 0.29) is 23.1 Å². The van der Waals surface area contributed by atoms with Crippen molar-refractivity contribution in [3.05, 3.63) is 58.7 Å². The molecular formula is C21H20FN5OS. The van der Waals surface area contributed by atoms with E-state index in [9.17, 15) is 9.18 Å². The van der Waals surface area contributed by atoms with E-state index in [4.69, 9.17) is 5.41 Å². The minimum Gasteiger partial charge on any atom is -0.315 e. The van der Waals surface area contributed by atoms with Gasteiger partial charge in [0.25, 0.3) is 5.91 Å². The quantitative estimate of drug-likeness (QED) is 0.758. The highest BCUT2D eigenvalue weighted by Gasteiger charge is 2.36. The first kappa shape index (κ1) is 19.3. The number of fused-ring (bicyclic) bond motifs is 1. The summed E-state index contributed by atoms with van der Waals surface area (Å²) in [7, 11) is 0. The van der Waals surface area contributed by atoms with Crippen LogP contribution < -0.4 is 0 Å². The van der Waals surface area contributed by atoms with E-state index in [0.717, 1.165) is 22.0 Å². The number of amides is 1. The maximum absolute atomic E-state index is 14.3. The Balaban J connectivity index is 1.76. The number of aryl methyl sites for hydroxylation is 1. The van der Waals surface area contributed by atoms with Gasteiger partial charge in [-0.1, -0.05) is 26.0 Å². The molecule has 1 aromatic carbocycles. The van der Waals surface area contributed by atoms with Crippen molar-refractivity contribution >= 4 is 39.8 Å². The number of thioether (sulfide) groups is 1. The van der Waals surface area contributed by atoms with Gasteiger partial charge in [-0.15, -0.1) is 0 Å². The fraction of sp³-hybridized carbons (Fsp3) is 0.238. The Morgan fingerprint density at radius 3 is 2.66 bits per heavy atom. The number of amidine groups is 2. The van der Waals surface area contributed by atoms with Gasteiger partial charge in [0.1, 0.15) is 10.9 Å². The van der Waals surface area contributed by atoms with E-state index >= 15 is 0 Å². The highest BCUT2D eigenvalue weighted by molar-refractivity contribution is 8.27. The Hall–Kier alpha value is -3.00. The summed E-state index contributed by atoms with van der Waals surface area (Å²) in [6, 6.07) is 8.42. The van der Waals surface area contributed by atoms with Crippen LogP contribution in [0.4, 0.5) is 4.39 Å². The maximum Gasteiger partial charge on any atom is 0.283 e. The molecule has 0 atom stereocenters. The van der Waals surface area contributed by atoms with Gasteiger partial charge in [0, 0.05) is 17.3 Å². The molecular weight excluding hydrogens is 389 g/mol. The van der Waals surface area contributed by atoms with Gasteiger partial charge in [0.2, 0.25) is 5.17 Å². The smallest absolute Gasteiger partial charge is 0.283 e. The molecule has 0 saturated carbocycles. The minimum atomic E-state index is -0.468. The third kappa shape index (κ3) is 3.23. The molecule has 0 aliphatic carbocycles. The SMILES string of the molecule is Cc1cc(/C=C2/C(=N)N3N=C(C(C)C)SC3=NC2=O)c(C)n1-c1ccccc1F. The third-order valence-electron chi connectivity index (χ3n) is 4.83. The van der Waals surface area contributed by atoms with E-state index in [1.807, 2.05) is 33.8 Å². The zero-order valence-electron chi connectivity index (χ0n) is 16.5. The Morgan fingerprint density at radius 1 is 1.24 bits per heavy atom. The van der Waals surface area contributed by atoms with Crippen LogP contribution in [0.1, 0.15) is 30.8 Å². The van der Waals surface area contributed by atoms with E-state index in [1.165, 1.54) is 22.8 Å². The predicted octanol–water partition coefficient (Wildman–Crippen LogP) is 4.51. The topological polar surface area (TPSA) is 73.8 Å². The van der Waals surface area contributed by atoms with Gasteiger partial charge in [-0.2, -0.15) is 15.1 Å². The van der Waals surface area contributed by atoms with Crippen molar-refractivity contribution in [1.82, 2.24) is 9.58 Å². The number of halogens is 1. The lowest BCUT2D eigenvalue weighted by Gasteiger charge is -2.20. The molecule has 2 aromatic rings. The van der Waals surface area contributed by atoms with E-state index in [0.29, 0.717) is 10.9 Å². The number of nitrogens with one attached hydrogen (secondary N) is 1. The fourth-order valence-electron chi connectivity index (χ4n) is 3.33. The number of aliphatic imine (C=N–C) groups is 1. The summed E-state index contributed by atoms with van der Waals surface area (Å²) in [5.74, 6) is -0.610. The van der Waals surface area contributed by atoms with Crippen molar-refractivity contribution in [2.24, 2.45) is 16.0 Å². The molecule has 0 spiro atoms. The second-order valence-electron chi connectivity index (χ2n) is 7.23. The molecule has 0 bridgehead atoms. The van der Waals surface area contributed by atoms with Crippen LogP contribution in [-0.4, -0.2) is 31.5 Å². The van der Waals surface area contributed by atoms with E-state index in [2.05, 4.69) is 10.1 Å². The molecule has 0 fully saturated rings. The van der Waals surface area contributed by atoms with Crippen molar-refractivity contribution in [1.29, 1.82) is 5.41 Å². The molecule has 0 radical (unpaired) electrons. The standard InChI is InChI=1S/C21H20FN5OS/c1-11(2)20-25-27-18(23)15(19(28)24-21(27)29-20)10-14-9-12(3)26(13(14)4)17-8-6-5-7-16(17)22/h5-11,23H,1-4H3/b15-10-,23-18?. The molecule has 8 heteroatoms. The van der Waals surface area contributed by atoms with Gasteiger partial charge in [-0.3, -0.25) is 10.2 Å². The first-order valence-corrected chi connectivity index (χ1v) is 10.0. The lowest BCUT2D eigenvalue weighted by Crippen LogP contribution is -2.35. The van der Waals surface area contributed by atoms with Crippen LogP contribution in [0.15, 0.2) is 46.0 Å². The van der Waals surface area contributed by atoms with Gasteiger partial charge in [-0.25, -0.2) is 4.39 Å². The number of benzene rings is 1. The molecule has 29 heavy (non-hydrogen) atoms. The number of hydrazone groups is 1. The van der Waals surface area contributed by atoms with E-state index in [1.54, 1.807) is 28.8 Å². The zero-order valence-corrected chi connectivity index (χ0v) is 17.3. The molecule has 1 amide bonds.